The molecule has 1 saturated heterocycles. The molecule has 1 heterocycles. The summed E-state index contributed by atoms with van der Waals surface area (Å²) in [4.78, 5) is 27.2. The first-order valence-electron chi connectivity index (χ1n) is 5.96. The maximum atomic E-state index is 11.8. The van der Waals surface area contributed by atoms with E-state index in [0.717, 1.165) is 0 Å². The van der Waals surface area contributed by atoms with Gasteiger partial charge in [-0.1, -0.05) is 6.07 Å². The van der Waals surface area contributed by atoms with Crippen LogP contribution in [0.5, 0.6) is 5.75 Å². The van der Waals surface area contributed by atoms with Crippen molar-refractivity contribution in [1.29, 1.82) is 0 Å². The van der Waals surface area contributed by atoms with Crippen molar-refractivity contribution in [3.63, 3.8) is 0 Å². The number of isocyanates is 1. The van der Waals surface area contributed by atoms with Gasteiger partial charge >= 0.3 is 0 Å². The van der Waals surface area contributed by atoms with Gasteiger partial charge in [0.15, 0.2) is 6.61 Å². The van der Waals surface area contributed by atoms with Crippen molar-refractivity contribution in [3.05, 3.63) is 24.3 Å². The Bertz CT molecular complexity index is 491. The Morgan fingerprint density at radius 2 is 2.21 bits per heavy atom. The SMILES string of the molecule is O=C=Nc1cccc(OCC(=O)N2CCOCC2)c1. The van der Waals surface area contributed by atoms with Crippen molar-refractivity contribution in [1.82, 2.24) is 4.90 Å². The lowest BCUT2D eigenvalue weighted by Gasteiger charge is -2.26. The second-order valence-corrected chi connectivity index (χ2v) is 3.98. The summed E-state index contributed by atoms with van der Waals surface area (Å²) in [5.74, 6) is 0.422. The van der Waals surface area contributed by atoms with Crippen LogP contribution in [0.3, 0.4) is 0 Å². The predicted molar refractivity (Wildman–Crippen MR) is 67.1 cm³/mol. The number of carbonyl (C=O) groups is 1. The van der Waals surface area contributed by atoms with Gasteiger partial charge in [0.2, 0.25) is 6.08 Å². The third kappa shape index (κ3) is 3.91. The molecule has 0 aliphatic carbocycles. The van der Waals surface area contributed by atoms with E-state index < -0.39 is 0 Å². The Hall–Kier alpha value is -2.17. The van der Waals surface area contributed by atoms with Crippen LogP contribution in [0, 0.1) is 0 Å². The summed E-state index contributed by atoms with van der Waals surface area (Å²) in [7, 11) is 0. The molecule has 6 nitrogen and oxygen atoms in total. The summed E-state index contributed by atoms with van der Waals surface area (Å²) in [6, 6.07) is 6.64. The van der Waals surface area contributed by atoms with Gasteiger partial charge < -0.3 is 14.4 Å². The summed E-state index contributed by atoms with van der Waals surface area (Å²) in [6.45, 7) is 2.29. The highest BCUT2D eigenvalue weighted by Gasteiger charge is 2.17. The maximum Gasteiger partial charge on any atom is 0.260 e. The standard InChI is InChI=1S/C13H14N2O4/c16-10-14-11-2-1-3-12(8-11)19-9-13(17)15-4-6-18-7-5-15/h1-3,8H,4-7,9H2. The fraction of sp³-hybridized carbons (Fsp3) is 0.385. The average molecular weight is 262 g/mol. The summed E-state index contributed by atoms with van der Waals surface area (Å²) < 4.78 is 10.6. The summed E-state index contributed by atoms with van der Waals surface area (Å²) >= 11 is 0. The van der Waals surface area contributed by atoms with Gasteiger partial charge in [-0.05, 0) is 12.1 Å². The zero-order chi connectivity index (χ0) is 13.5. The predicted octanol–water partition coefficient (Wildman–Crippen LogP) is 0.891. The number of hydrogen-bond acceptors (Lipinski definition) is 5. The summed E-state index contributed by atoms with van der Waals surface area (Å²) in [6.07, 6.45) is 1.46. The monoisotopic (exact) mass is 262 g/mol. The molecule has 19 heavy (non-hydrogen) atoms. The van der Waals surface area contributed by atoms with Gasteiger partial charge in [-0.2, -0.15) is 4.99 Å². The van der Waals surface area contributed by atoms with E-state index in [1.165, 1.54) is 6.08 Å². The Labute approximate surface area is 110 Å². The third-order valence-corrected chi connectivity index (χ3v) is 2.72. The minimum absolute atomic E-state index is 0.0335. The van der Waals surface area contributed by atoms with Crippen LogP contribution in [0.15, 0.2) is 29.3 Å². The van der Waals surface area contributed by atoms with E-state index >= 15 is 0 Å². The van der Waals surface area contributed by atoms with Gasteiger partial charge in [0, 0.05) is 19.2 Å². The molecule has 1 amide bonds. The van der Waals surface area contributed by atoms with Crippen molar-refractivity contribution in [3.8, 4) is 5.75 Å². The minimum atomic E-state index is -0.0763. The largest absolute Gasteiger partial charge is 0.484 e. The lowest BCUT2D eigenvalue weighted by Crippen LogP contribution is -2.42. The number of morpholine rings is 1. The van der Waals surface area contributed by atoms with Crippen LogP contribution in [0.4, 0.5) is 5.69 Å². The molecule has 1 fully saturated rings. The highest BCUT2D eigenvalue weighted by molar-refractivity contribution is 5.77. The molecule has 2 rings (SSSR count). The number of amides is 1. The molecular weight excluding hydrogens is 248 g/mol. The molecule has 0 radical (unpaired) electrons. The van der Waals surface area contributed by atoms with Gasteiger partial charge in [0.05, 0.1) is 18.9 Å². The van der Waals surface area contributed by atoms with E-state index in [0.29, 0.717) is 37.7 Å². The van der Waals surface area contributed by atoms with Gasteiger partial charge in [-0.3, -0.25) is 4.79 Å². The Morgan fingerprint density at radius 1 is 1.42 bits per heavy atom. The normalized spacial score (nSPS) is 14.6. The number of nitrogens with zero attached hydrogens (tertiary/aromatic N) is 2. The highest BCUT2D eigenvalue weighted by atomic mass is 16.5. The van der Waals surface area contributed by atoms with E-state index in [2.05, 4.69) is 4.99 Å². The van der Waals surface area contributed by atoms with Crippen LogP contribution >= 0.6 is 0 Å². The van der Waals surface area contributed by atoms with Crippen LogP contribution in [0.1, 0.15) is 0 Å². The molecule has 1 aliphatic rings. The molecule has 0 bridgehead atoms. The van der Waals surface area contributed by atoms with Crippen LogP contribution < -0.4 is 4.74 Å². The van der Waals surface area contributed by atoms with Gasteiger partial charge in [-0.25, -0.2) is 4.79 Å². The van der Waals surface area contributed by atoms with Crippen molar-refractivity contribution >= 4 is 17.7 Å². The quantitative estimate of drug-likeness (QED) is 0.597. The first-order chi connectivity index (χ1) is 9.29. The summed E-state index contributed by atoms with van der Waals surface area (Å²) in [5, 5.41) is 0. The molecule has 0 unspecified atom stereocenters. The van der Waals surface area contributed by atoms with Crippen molar-refractivity contribution < 1.29 is 19.1 Å². The van der Waals surface area contributed by atoms with Crippen molar-refractivity contribution in [2.24, 2.45) is 4.99 Å². The molecule has 1 aromatic rings. The smallest absolute Gasteiger partial charge is 0.260 e. The lowest BCUT2D eigenvalue weighted by atomic mass is 10.3. The molecular formula is C13H14N2O4. The average Bonchev–Trinajstić information content (AvgIpc) is 2.46. The number of aliphatic imine (C=N–C) groups is 1. The highest BCUT2D eigenvalue weighted by Crippen LogP contribution is 2.19. The molecule has 1 aliphatic heterocycles. The Kier molecular flexibility index (Phi) is 4.66. The molecule has 0 atom stereocenters. The summed E-state index contributed by atoms with van der Waals surface area (Å²) in [5.41, 5.74) is 0.450. The third-order valence-electron chi connectivity index (χ3n) is 2.72. The van der Waals surface area contributed by atoms with E-state index in [-0.39, 0.29) is 12.5 Å². The molecule has 0 N–H and O–H groups in total. The molecule has 0 aromatic heterocycles. The van der Waals surface area contributed by atoms with E-state index in [4.69, 9.17) is 9.47 Å². The number of hydrogen-bond donors (Lipinski definition) is 0. The second kappa shape index (κ2) is 6.68. The van der Waals surface area contributed by atoms with E-state index in [9.17, 15) is 9.59 Å². The van der Waals surface area contributed by atoms with Gasteiger partial charge in [0.25, 0.3) is 5.91 Å². The van der Waals surface area contributed by atoms with Crippen molar-refractivity contribution in [2.75, 3.05) is 32.9 Å². The molecule has 1 aromatic carbocycles. The van der Waals surface area contributed by atoms with Gasteiger partial charge in [-0.15, -0.1) is 0 Å². The fourth-order valence-electron chi connectivity index (χ4n) is 1.74. The van der Waals surface area contributed by atoms with Gasteiger partial charge in [0.1, 0.15) is 5.75 Å². The van der Waals surface area contributed by atoms with Crippen LogP contribution in [-0.2, 0) is 14.3 Å². The first-order valence-corrected chi connectivity index (χ1v) is 5.96. The molecule has 100 valence electrons. The number of ether oxygens (including phenoxy) is 2. The Balaban J connectivity index is 1.89. The van der Waals surface area contributed by atoms with E-state index in [1.807, 2.05) is 0 Å². The maximum absolute atomic E-state index is 11.8. The fourth-order valence-corrected chi connectivity index (χ4v) is 1.74. The lowest BCUT2D eigenvalue weighted by molar-refractivity contribution is -0.137. The topological polar surface area (TPSA) is 68.2 Å². The molecule has 0 spiro atoms. The van der Waals surface area contributed by atoms with Crippen LogP contribution in [0.25, 0.3) is 0 Å². The zero-order valence-electron chi connectivity index (χ0n) is 10.4. The minimum Gasteiger partial charge on any atom is -0.484 e. The van der Waals surface area contributed by atoms with E-state index in [1.54, 1.807) is 29.2 Å². The number of carbonyl (C=O) groups excluding carboxylic acids is 2. The first kappa shape index (κ1) is 13.3. The number of benzene rings is 1. The second-order valence-electron chi connectivity index (χ2n) is 3.98. The van der Waals surface area contributed by atoms with Crippen molar-refractivity contribution in [2.45, 2.75) is 0 Å². The molecule has 6 heteroatoms. The Morgan fingerprint density at radius 3 is 2.95 bits per heavy atom. The van der Waals surface area contributed by atoms with Crippen LogP contribution in [0.2, 0.25) is 0 Å². The molecule has 0 saturated carbocycles. The zero-order valence-corrected chi connectivity index (χ0v) is 10.4. The number of rotatable bonds is 4. The van der Waals surface area contributed by atoms with Crippen LogP contribution in [-0.4, -0.2) is 49.8 Å².